The van der Waals surface area contributed by atoms with Gasteiger partial charge in [-0.1, -0.05) is 19.1 Å². The number of hydrogen-bond donors (Lipinski definition) is 3. The van der Waals surface area contributed by atoms with Crippen molar-refractivity contribution in [1.29, 1.82) is 0 Å². The van der Waals surface area contributed by atoms with Crippen LogP contribution in [0.1, 0.15) is 38.7 Å². The third-order valence-corrected chi connectivity index (χ3v) is 4.71. The molecule has 3 N–H and O–H groups in total. The van der Waals surface area contributed by atoms with Gasteiger partial charge >= 0.3 is 0 Å². The molecule has 0 spiro atoms. The standard InChI is InChI=1S/C19H29N3O2.ClH/c1-14(17-8-10-20-11-9-17)13-19(24)21-12-7-16-3-5-18(6-4-16)22-15(2)23;/h3-6,14,17,20H,7-13H2,1-2H3,(H,21,24)(H,22,23);1H. The van der Waals surface area contributed by atoms with Crippen LogP contribution in [-0.2, 0) is 16.0 Å². The lowest BCUT2D eigenvalue weighted by molar-refractivity contribution is -0.122. The molecule has 2 amide bonds. The minimum absolute atomic E-state index is 0. The summed E-state index contributed by atoms with van der Waals surface area (Å²) in [6, 6.07) is 7.74. The van der Waals surface area contributed by atoms with Gasteiger partial charge in [-0.15, -0.1) is 12.4 Å². The van der Waals surface area contributed by atoms with E-state index in [1.54, 1.807) is 0 Å². The zero-order valence-corrected chi connectivity index (χ0v) is 16.0. The van der Waals surface area contributed by atoms with Gasteiger partial charge in [-0.2, -0.15) is 0 Å². The van der Waals surface area contributed by atoms with Gasteiger partial charge in [-0.05, 0) is 61.9 Å². The van der Waals surface area contributed by atoms with Gasteiger partial charge in [0.05, 0.1) is 0 Å². The largest absolute Gasteiger partial charge is 0.356 e. The maximum atomic E-state index is 12.1. The summed E-state index contributed by atoms with van der Waals surface area (Å²) < 4.78 is 0. The number of hydrogen-bond acceptors (Lipinski definition) is 3. The van der Waals surface area contributed by atoms with E-state index in [2.05, 4.69) is 22.9 Å². The van der Waals surface area contributed by atoms with Crippen molar-refractivity contribution in [2.24, 2.45) is 11.8 Å². The van der Waals surface area contributed by atoms with Gasteiger partial charge in [0.15, 0.2) is 0 Å². The van der Waals surface area contributed by atoms with E-state index in [0.717, 1.165) is 30.8 Å². The quantitative estimate of drug-likeness (QED) is 0.694. The van der Waals surface area contributed by atoms with Crippen molar-refractivity contribution in [3.63, 3.8) is 0 Å². The second-order valence-corrected chi connectivity index (χ2v) is 6.75. The Morgan fingerprint density at radius 2 is 1.84 bits per heavy atom. The van der Waals surface area contributed by atoms with Crippen molar-refractivity contribution < 1.29 is 9.59 Å². The molecule has 0 aliphatic carbocycles. The lowest BCUT2D eigenvalue weighted by Gasteiger charge is -2.27. The van der Waals surface area contributed by atoms with Gasteiger partial charge in [-0.3, -0.25) is 9.59 Å². The molecule has 5 nitrogen and oxygen atoms in total. The topological polar surface area (TPSA) is 70.2 Å². The highest BCUT2D eigenvalue weighted by molar-refractivity contribution is 5.88. The van der Waals surface area contributed by atoms with Crippen LogP contribution >= 0.6 is 12.4 Å². The Bertz CT molecular complexity index is 542. The summed E-state index contributed by atoms with van der Waals surface area (Å²) in [6.07, 6.45) is 3.77. The lowest BCUT2D eigenvalue weighted by atomic mass is 9.84. The maximum absolute atomic E-state index is 12.1. The normalized spacial score (nSPS) is 15.8. The Kier molecular flexibility index (Phi) is 9.53. The highest BCUT2D eigenvalue weighted by Crippen LogP contribution is 2.24. The van der Waals surface area contributed by atoms with Gasteiger partial charge in [0, 0.05) is 25.6 Å². The Labute approximate surface area is 156 Å². The molecule has 140 valence electrons. The number of carbonyl (C=O) groups is 2. The monoisotopic (exact) mass is 367 g/mol. The molecule has 1 saturated heterocycles. The number of rotatable bonds is 7. The Morgan fingerprint density at radius 3 is 2.44 bits per heavy atom. The fraction of sp³-hybridized carbons (Fsp3) is 0.579. The van der Waals surface area contributed by atoms with Crippen molar-refractivity contribution in [2.45, 2.75) is 39.5 Å². The van der Waals surface area contributed by atoms with E-state index in [1.807, 2.05) is 24.3 Å². The average Bonchev–Trinajstić information content (AvgIpc) is 2.57. The first-order valence-corrected chi connectivity index (χ1v) is 8.88. The molecule has 0 saturated carbocycles. The molecule has 1 aromatic rings. The molecule has 1 aliphatic rings. The van der Waals surface area contributed by atoms with Crippen LogP contribution in [0.2, 0.25) is 0 Å². The fourth-order valence-corrected chi connectivity index (χ4v) is 3.25. The summed E-state index contributed by atoms with van der Waals surface area (Å²) in [5.41, 5.74) is 1.95. The van der Waals surface area contributed by atoms with E-state index < -0.39 is 0 Å². The number of nitrogens with one attached hydrogen (secondary N) is 3. The predicted octanol–water partition coefficient (Wildman–Crippen LogP) is 2.75. The summed E-state index contributed by atoms with van der Waals surface area (Å²) >= 11 is 0. The molecule has 0 bridgehead atoms. The number of piperidine rings is 1. The molecule has 1 atom stereocenters. The smallest absolute Gasteiger partial charge is 0.221 e. The first-order chi connectivity index (χ1) is 11.5. The summed E-state index contributed by atoms with van der Waals surface area (Å²) in [4.78, 5) is 23.1. The van der Waals surface area contributed by atoms with Crippen LogP contribution in [-0.4, -0.2) is 31.4 Å². The molecule has 6 heteroatoms. The van der Waals surface area contributed by atoms with Crippen LogP contribution in [0.15, 0.2) is 24.3 Å². The second-order valence-electron chi connectivity index (χ2n) is 6.75. The highest BCUT2D eigenvalue weighted by Gasteiger charge is 2.21. The van der Waals surface area contributed by atoms with Gasteiger partial charge < -0.3 is 16.0 Å². The van der Waals surface area contributed by atoms with Gasteiger partial charge in [0.2, 0.25) is 11.8 Å². The third kappa shape index (κ3) is 7.88. The molecule has 1 aliphatic heterocycles. The fourth-order valence-electron chi connectivity index (χ4n) is 3.25. The molecule has 2 rings (SSSR count). The summed E-state index contributed by atoms with van der Waals surface area (Å²) in [5, 5.41) is 9.14. The first-order valence-electron chi connectivity index (χ1n) is 8.88. The SMILES string of the molecule is CC(=O)Nc1ccc(CCNC(=O)CC(C)C2CCNCC2)cc1.Cl. The zero-order chi connectivity index (χ0) is 17.4. The maximum Gasteiger partial charge on any atom is 0.221 e. The predicted molar refractivity (Wildman–Crippen MR) is 104 cm³/mol. The van der Waals surface area contributed by atoms with Crippen LogP contribution in [0.4, 0.5) is 5.69 Å². The van der Waals surface area contributed by atoms with Crippen LogP contribution in [0.3, 0.4) is 0 Å². The van der Waals surface area contributed by atoms with Crippen molar-refractivity contribution in [3.05, 3.63) is 29.8 Å². The third-order valence-electron chi connectivity index (χ3n) is 4.71. The van der Waals surface area contributed by atoms with Gasteiger partial charge in [0.25, 0.3) is 0 Å². The molecular weight excluding hydrogens is 338 g/mol. The molecule has 1 aromatic carbocycles. The second kappa shape index (κ2) is 11.1. The Balaban J connectivity index is 0.00000312. The molecule has 1 fully saturated rings. The Morgan fingerprint density at radius 1 is 1.20 bits per heavy atom. The molecule has 1 unspecified atom stereocenters. The van der Waals surface area contributed by atoms with E-state index in [0.29, 0.717) is 24.8 Å². The number of anilines is 1. The van der Waals surface area contributed by atoms with Crippen LogP contribution < -0.4 is 16.0 Å². The lowest BCUT2D eigenvalue weighted by Crippen LogP contribution is -2.34. The molecule has 1 heterocycles. The van der Waals surface area contributed by atoms with E-state index in [9.17, 15) is 9.59 Å². The number of benzene rings is 1. The van der Waals surface area contributed by atoms with E-state index in [1.165, 1.54) is 19.8 Å². The average molecular weight is 368 g/mol. The number of carbonyl (C=O) groups excluding carboxylic acids is 2. The van der Waals surface area contributed by atoms with Gasteiger partial charge in [0.1, 0.15) is 0 Å². The van der Waals surface area contributed by atoms with Crippen molar-refractivity contribution in [1.82, 2.24) is 10.6 Å². The minimum atomic E-state index is -0.0714. The van der Waals surface area contributed by atoms with E-state index in [4.69, 9.17) is 0 Å². The van der Waals surface area contributed by atoms with Gasteiger partial charge in [-0.25, -0.2) is 0 Å². The Hall–Kier alpha value is -1.59. The van der Waals surface area contributed by atoms with Crippen LogP contribution in [0, 0.1) is 11.8 Å². The molecule has 0 radical (unpaired) electrons. The van der Waals surface area contributed by atoms with Crippen molar-refractivity contribution in [2.75, 3.05) is 25.0 Å². The first kappa shape index (κ1) is 21.5. The van der Waals surface area contributed by atoms with Crippen molar-refractivity contribution in [3.8, 4) is 0 Å². The highest BCUT2D eigenvalue weighted by atomic mass is 35.5. The molecule has 0 aromatic heterocycles. The number of amides is 2. The molecule has 25 heavy (non-hydrogen) atoms. The number of halogens is 1. The van der Waals surface area contributed by atoms with Crippen LogP contribution in [0.5, 0.6) is 0 Å². The van der Waals surface area contributed by atoms with Crippen LogP contribution in [0.25, 0.3) is 0 Å². The summed E-state index contributed by atoms with van der Waals surface area (Å²) in [7, 11) is 0. The van der Waals surface area contributed by atoms with E-state index in [-0.39, 0.29) is 24.2 Å². The molecular formula is C19H30ClN3O2. The summed E-state index contributed by atoms with van der Waals surface area (Å²) in [5.74, 6) is 1.19. The van der Waals surface area contributed by atoms with E-state index >= 15 is 0 Å². The summed E-state index contributed by atoms with van der Waals surface area (Å²) in [6.45, 7) is 6.48. The van der Waals surface area contributed by atoms with Crippen molar-refractivity contribution >= 4 is 29.9 Å². The zero-order valence-electron chi connectivity index (χ0n) is 15.1. The minimum Gasteiger partial charge on any atom is -0.356 e.